The minimum atomic E-state index is -4.67. The highest BCUT2D eigenvalue weighted by Gasteiger charge is 2.54. The zero-order valence-electron chi connectivity index (χ0n) is 16.3. The van der Waals surface area contributed by atoms with Crippen LogP contribution in [0.2, 0.25) is 5.02 Å². The van der Waals surface area contributed by atoms with E-state index in [2.05, 4.69) is 0 Å². The lowest BCUT2D eigenvalue weighted by Crippen LogP contribution is -2.58. The lowest BCUT2D eigenvalue weighted by molar-refractivity contribution is -0.191. The van der Waals surface area contributed by atoms with Gasteiger partial charge in [-0.05, 0) is 60.6 Å². The lowest BCUT2D eigenvalue weighted by atomic mass is 9.71. The number of ether oxygens (including phenoxy) is 1. The van der Waals surface area contributed by atoms with Gasteiger partial charge in [0.05, 0.1) is 7.11 Å². The fourth-order valence-electron chi connectivity index (χ4n) is 3.54. The maximum Gasteiger partial charge on any atom is 0.406 e. The number of alkyl halides is 3. The number of benzene rings is 2. The molecule has 0 aliphatic rings. The van der Waals surface area contributed by atoms with Crippen molar-refractivity contribution in [2.75, 3.05) is 7.11 Å². The molecule has 2 aromatic carbocycles. The van der Waals surface area contributed by atoms with Gasteiger partial charge in [0, 0.05) is 10.6 Å². The lowest BCUT2D eigenvalue weighted by Gasteiger charge is -2.39. The summed E-state index contributed by atoms with van der Waals surface area (Å²) in [5.41, 5.74) is 3.78. The van der Waals surface area contributed by atoms with Crippen LogP contribution < -0.4 is 10.5 Å². The largest absolute Gasteiger partial charge is 0.496 e. The summed E-state index contributed by atoms with van der Waals surface area (Å²) >= 11 is 5.97. The molecule has 0 heterocycles. The van der Waals surface area contributed by atoms with Gasteiger partial charge in [0.2, 0.25) is 0 Å². The first-order chi connectivity index (χ1) is 12.8. The van der Waals surface area contributed by atoms with E-state index in [0.717, 1.165) is 0 Å². The second-order valence-electron chi connectivity index (χ2n) is 7.82. The summed E-state index contributed by atoms with van der Waals surface area (Å²) in [7, 11) is 1.39. The molecule has 0 bridgehead atoms. The van der Waals surface area contributed by atoms with E-state index in [9.17, 15) is 17.6 Å². The number of hydrogen-bond acceptors (Lipinski definition) is 2. The van der Waals surface area contributed by atoms with Crippen molar-refractivity contribution in [2.24, 2.45) is 5.73 Å². The average Bonchev–Trinajstić information content (AvgIpc) is 2.56. The first kappa shape index (κ1) is 22.5. The second-order valence-corrected chi connectivity index (χ2v) is 8.23. The Hall–Kier alpha value is -1.79. The van der Waals surface area contributed by atoms with Gasteiger partial charge in [-0.2, -0.15) is 13.2 Å². The Morgan fingerprint density at radius 2 is 1.71 bits per heavy atom. The van der Waals surface area contributed by atoms with Crippen LogP contribution >= 0.6 is 11.6 Å². The van der Waals surface area contributed by atoms with Gasteiger partial charge in [-0.15, -0.1) is 0 Å². The summed E-state index contributed by atoms with van der Waals surface area (Å²) in [6, 6.07) is 8.50. The molecule has 2 N–H and O–H groups in total. The van der Waals surface area contributed by atoms with Crippen LogP contribution in [0.15, 0.2) is 36.4 Å². The third-order valence-electron chi connectivity index (χ3n) is 4.95. The molecule has 0 spiro atoms. The van der Waals surface area contributed by atoms with E-state index < -0.39 is 35.8 Å². The number of halogens is 5. The molecular formula is C21H24ClF4NO. The van der Waals surface area contributed by atoms with Gasteiger partial charge >= 0.3 is 6.18 Å². The van der Waals surface area contributed by atoms with Crippen LogP contribution in [-0.2, 0) is 11.8 Å². The average molecular weight is 418 g/mol. The molecule has 1 unspecified atom stereocenters. The van der Waals surface area contributed by atoms with Crippen LogP contribution in [0.25, 0.3) is 0 Å². The van der Waals surface area contributed by atoms with Crippen LogP contribution in [0.4, 0.5) is 17.6 Å². The van der Waals surface area contributed by atoms with E-state index in [1.54, 1.807) is 39.0 Å². The summed E-state index contributed by atoms with van der Waals surface area (Å²) in [6.45, 7) is 4.93. The SMILES string of the molecule is COc1ccc(F)cc1C(C)(C)CC(N)(Cc1ccc(Cl)c(C)c1)C(F)(F)F. The molecule has 2 aromatic rings. The Balaban J connectivity index is 2.45. The van der Waals surface area contributed by atoms with E-state index in [1.807, 2.05) is 0 Å². The van der Waals surface area contributed by atoms with Crippen molar-refractivity contribution in [3.63, 3.8) is 0 Å². The van der Waals surface area contributed by atoms with Crippen LogP contribution in [-0.4, -0.2) is 18.8 Å². The third kappa shape index (κ3) is 4.78. The molecule has 2 nitrogen and oxygen atoms in total. The Morgan fingerprint density at radius 1 is 1.07 bits per heavy atom. The van der Waals surface area contributed by atoms with Crippen molar-refractivity contribution in [1.82, 2.24) is 0 Å². The Bertz CT molecular complexity index is 851. The summed E-state index contributed by atoms with van der Waals surface area (Å²) in [6.07, 6.45) is -5.54. The first-order valence-corrected chi connectivity index (χ1v) is 9.11. The van der Waals surface area contributed by atoms with E-state index in [4.69, 9.17) is 22.1 Å². The quantitative estimate of drug-likeness (QED) is 0.588. The first-order valence-electron chi connectivity index (χ1n) is 8.74. The van der Waals surface area contributed by atoms with Gasteiger partial charge in [-0.1, -0.05) is 37.6 Å². The smallest absolute Gasteiger partial charge is 0.406 e. The number of aryl methyl sites for hydroxylation is 1. The fourth-order valence-corrected chi connectivity index (χ4v) is 3.65. The molecule has 28 heavy (non-hydrogen) atoms. The minimum absolute atomic E-state index is 0.318. The summed E-state index contributed by atoms with van der Waals surface area (Å²) < 4.78 is 61.1. The van der Waals surface area contributed by atoms with Crippen molar-refractivity contribution < 1.29 is 22.3 Å². The summed E-state index contributed by atoms with van der Waals surface area (Å²) in [5, 5.41) is 0.475. The maximum atomic E-state index is 14.0. The Kier molecular flexibility index (Phi) is 6.36. The van der Waals surface area contributed by atoms with Gasteiger partial charge in [0.25, 0.3) is 0 Å². The topological polar surface area (TPSA) is 35.2 Å². The van der Waals surface area contributed by atoms with E-state index >= 15 is 0 Å². The molecule has 0 aromatic heterocycles. The predicted molar refractivity (Wildman–Crippen MR) is 103 cm³/mol. The molecule has 0 fully saturated rings. The maximum absolute atomic E-state index is 14.0. The Morgan fingerprint density at radius 3 is 2.25 bits per heavy atom. The van der Waals surface area contributed by atoms with Gasteiger partial charge in [-0.25, -0.2) is 4.39 Å². The number of nitrogens with two attached hydrogens (primary N) is 1. The van der Waals surface area contributed by atoms with Gasteiger partial charge in [-0.3, -0.25) is 0 Å². The zero-order chi connectivity index (χ0) is 21.3. The monoisotopic (exact) mass is 417 g/mol. The molecule has 0 aliphatic heterocycles. The highest BCUT2D eigenvalue weighted by atomic mass is 35.5. The third-order valence-corrected chi connectivity index (χ3v) is 5.38. The molecule has 2 rings (SSSR count). The van der Waals surface area contributed by atoms with Crippen molar-refractivity contribution in [2.45, 2.75) is 50.7 Å². The van der Waals surface area contributed by atoms with E-state index in [0.29, 0.717) is 27.5 Å². The zero-order valence-corrected chi connectivity index (χ0v) is 17.0. The van der Waals surface area contributed by atoms with E-state index in [1.165, 1.54) is 25.3 Å². The summed E-state index contributed by atoms with van der Waals surface area (Å²) in [4.78, 5) is 0. The molecule has 0 radical (unpaired) electrons. The fraction of sp³-hybridized carbons (Fsp3) is 0.429. The Labute approximate surface area is 167 Å². The van der Waals surface area contributed by atoms with Crippen molar-refractivity contribution in [1.29, 1.82) is 0 Å². The van der Waals surface area contributed by atoms with Gasteiger partial charge in [0.1, 0.15) is 17.1 Å². The molecule has 1 atom stereocenters. The highest BCUT2D eigenvalue weighted by molar-refractivity contribution is 6.31. The molecule has 154 valence electrons. The normalized spacial score (nSPS) is 14.6. The van der Waals surface area contributed by atoms with Crippen molar-refractivity contribution in [3.05, 3.63) is 63.9 Å². The van der Waals surface area contributed by atoms with E-state index in [-0.39, 0.29) is 0 Å². The number of methoxy groups -OCH3 is 1. The molecule has 0 saturated carbocycles. The molecule has 0 saturated heterocycles. The molecule has 0 amide bonds. The van der Waals surface area contributed by atoms with Gasteiger partial charge < -0.3 is 10.5 Å². The van der Waals surface area contributed by atoms with Gasteiger partial charge in [0.15, 0.2) is 0 Å². The van der Waals surface area contributed by atoms with Crippen LogP contribution in [0.3, 0.4) is 0 Å². The predicted octanol–water partition coefficient (Wildman–Crippen LogP) is 5.97. The van der Waals surface area contributed by atoms with Crippen LogP contribution in [0, 0.1) is 12.7 Å². The number of hydrogen-bond donors (Lipinski definition) is 1. The second kappa shape index (κ2) is 7.91. The standard InChI is InChI=1S/C21H24ClF4NO/c1-13-9-14(5-7-17(13)22)11-20(27,21(24,25)26)12-19(2,3)16-10-15(23)6-8-18(16)28-4/h5-10H,11-12,27H2,1-4H3. The minimum Gasteiger partial charge on any atom is -0.496 e. The van der Waals surface area contributed by atoms with Crippen LogP contribution in [0.5, 0.6) is 5.75 Å². The molecule has 7 heteroatoms. The van der Waals surface area contributed by atoms with Crippen LogP contribution in [0.1, 0.15) is 37.0 Å². The number of rotatable bonds is 6. The molecule has 0 aliphatic carbocycles. The molecular weight excluding hydrogens is 394 g/mol. The van der Waals surface area contributed by atoms with Crippen molar-refractivity contribution >= 4 is 11.6 Å². The highest BCUT2D eigenvalue weighted by Crippen LogP contribution is 2.44. The van der Waals surface area contributed by atoms with Crippen molar-refractivity contribution in [3.8, 4) is 5.75 Å². The summed E-state index contributed by atoms with van der Waals surface area (Å²) in [5.74, 6) is -0.231.